The number of rotatable bonds is 8. The van der Waals surface area contributed by atoms with Crippen molar-refractivity contribution < 1.29 is 30.0 Å². The van der Waals surface area contributed by atoms with Crippen molar-refractivity contribution in [3.63, 3.8) is 0 Å². The third kappa shape index (κ3) is 6.40. The Kier molecular flexibility index (Phi) is 7.41. The number of anilines is 2. The molecule has 9 nitrogen and oxygen atoms in total. The van der Waals surface area contributed by atoms with Crippen molar-refractivity contribution in [2.45, 2.75) is 9.79 Å². The molecule has 0 fully saturated rings. The summed E-state index contributed by atoms with van der Waals surface area (Å²) in [7, 11) is -8.04. The third-order valence-electron chi connectivity index (χ3n) is 5.68. The van der Waals surface area contributed by atoms with E-state index in [0.29, 0.717) is 11.4 Å². The second-order valence-electron chi connectivity index (χ2n) is 8.52. The molecular weight excluding hydrogens is 552 g/mol. The van der Waals surface area contributed by atoms with Gasteiger partial charge in [-0.05, 0) is 83.6 Å². The molecule has 0 atom stereocenters. The van der Waals surface area contributed by atoms with Gasteiger partial charge in [0.25, 0.3) is 0 Å². The summed E-state index contributed by atoms with van der Waals surface area (Å²) in [5.74, 6) is 0.171. The first-order valence-corrected chi connectivity index (χ1v) is 14.7. The zero-order chi connectivity index (χ0) is 28.2. The number of hydrogen-bond donors (Lipinski definition) is 2. The highest BCUT2D eigenvalue weighted by atomic mass is 32.2. The van der Waals surface area contributed by atoms with E-state index < -0.39 is 26.3 Å². The average molecular weight is 575 g/mol. The first kappa shape index (κ1) is 26.7. The molecule has 0 saturated heterocycles. The molecule has 0 bridgehead atoms. The van der Waals surface area contributed by atoms with Crippen LogP contribution in [0.3, 0.4) is 0 Å². The highest BCUT2D eigenvalue weighted by molar-refractivity contribution is 7.87. The number of hydrogen-bond acceptors (Lipinski definition) is 7. The summed E-state index contributed by atoms with van der Waals surface area (Å²) in [6.07, 6.45) is 0. The molecule has 0 aromatic heterocycles. The highest BCUT2D eigenvalue weighted by Gasteiger charge is 2.18. The fourth-order valence-corrected chi connectivity index (χ4v) is 5.66. The van der Waals surface area contributed by atoms with Crippen molar-refractivity contribution in [1.82, 2.24) is 0 Å². The predicted molar refractivity (Wildman–Crippen MR) is 152 cm³/mol. The Morgan fingerprint density at radius 1 is 0.500 bits per heavy atom. The standard InChI is InChI=1S/C29H22N2O7S2/c32-29(30-23-11-15-25(16-12-23)37-39(33,34)27-8-2-1-3-9-27)31-24-13-17-26(18-14-24)38-40(35,36)28-19-10-21-6-4-5-7-22(21)20-28/h1-20H,(H2,30,31,32). The topological polar surface area (TPSA) is 128 Å². The Morgan fingerprint density at radius 2 is 0.975 bits per heavy atom. The van der Waals surface area contributed by atoms with Crippen LogP contribution in [-0.2, 0) is 20.2 Å². The van der Waals surface area contributed by atoms with Crippen LogP contribution in [0.2, 0.25) is 0 Å². The molecule has 0 unspecified atom stereocenters. The van der Waals surface area contributed by atoms with E-state index in [9.17, 15) is 21.6 Å². The highest BCUT2D eigenvalue weighted by Crippen LogP contribution is 2.25. The van der Waals surface area contributed by atoms with Gasteiger partial charge in [0.1, 0.15) is 21.3 Å². The summed E-state index contributed by atoms with van der Waals surface area (Å²) in [6.45, 7) is 0. The molecule has 0 saturated carbocycles. The van der Waals surface area contributed by atoms with Crippen molar-refractivity contribution in [1.29, 1.82) is 0 Å². The number of fused-ring (bicyclic) bond motifs is 1. The largest absolute Gasteiger partial charge is 0.379 e. The number of carbonyl (C=O) groups excluding carboxylic acids is 1. The maximum atomic E-state index is 12.7. The van der Waals surface area contributed by atoms with E-state index in [4.69, 9.17) is 8.37 Å². The van der Waals surface area contributed by atoms with Crippen molar-refractivity contribution in [2.75, 3.05) is 10.6 Å². The van der Waals surface area contributed by atoms with Gasteiger partial charge in [-0.3, -0.25) is 0 Å². The van der Waals surface area contributed by atoms with Crippen LogP contribution < -0.4 is 19.0 Å². The lowest BCUT2D eigenvalue weighted by atomic mass is 10.1. The van der Waals surface area contributed by atoms with Crippen molar-refractivity contribution in [3.05, 3.63) is 121 Å². The van der Waals surface area contributed by atoms with E-state index in [1.54, 1.807) is 30.3 Å². The summed E-state index contributed by atoms with van der Waals surface area (Å²) in [5.41, 5.74) is 0.783. The monoisotopic (exact) mass is 574 g/mol. The molecule has 2 amide bonds. The van der Waals surface area contributed by atoms with Crippen LogP contribution in [0.5, 0.6) is 11.5 Å². The first-order chi connectivity index (χ1) is 19.2. The van der Waals surface area contributed by atoms with E-state index in [0.717, 1.165) is 10.8 Å². The third-order valence-corrected chi connectivity index (χ3v) is 8.18. The van der Waals surface area contributed by atoms with Crippen LogP contribution in [0.4, 0.5) is 16.2 Å². The van der Waals surface area contributed by atoms with E-state index in [1.165, 1.54) is 66.7 Å². The van der Waals surface area contributed by atoms with Crippen LogP contribution in [0.15, 0.2) is 131 Å². The Bertz CT molecular complexity index is 1880. The van der Waals surface area contributed by atoms with Crippen LogP contribution >= 0.6 is 0 Å². The summed E-state index contributed by atoms with van der Waals surface area (Å²) in [4.78, 5) is 12.5. The van der Waals surface area contributed by atoms with Gasteiger partial charge in [0.2, 0.25) is 0 Å². The zero-order valence-corrected chi connectivity index (χ0v) is 22.4. The number of amides is 2. The maximum Gasteiger partial charge on any atom is 0.339 e. The van der Waals surface area contributed by atoms with Gasteiger partial charge in [0, 0.05) is 11.4 Å². The second-order valence-corrected chi connectivity index (χ2v) is 11.6. The summed E-state index contributed by atoms with van der Waals surface area (Å²) < 4.78 is 60.5. The minimum atomic E-state index is -4.06. The Hall–Kier alpha value is -4.87. The lowest BCUT2D eigenvalue weighted by molar-refractivity contribution is 0.262. The van der Waals surface area contributed by atoms with Crippen LogP contribution in [0.25, 0.3) is 10.8 Å². The van der Waals surface area contributed by atoms with Crippen molar-refractivity contribution in [3.8, 4) is 11.5 Å². The lowest BCUT2D eigenvalue weighted by Crippen LogP contribution is -2.19. The van der Waals surface area contributed by atoms with Gasteiger partial charge < -0.3 is 19.0 Å². The fourth-order valence-electron chi connectivity index (χ4n) is 3.74. The minimum Gasteiger partial charge on any atom is -0.379 e. The van der Waals surface area contributed by atoms with Crippen LogP contribution in [0.1, 0.15) is 0 Å². The molecule has 5 aromatic rings. The molecule has 0 aliphatic carbocycles. The number of carbonyl (C=O) groups is 1. The quantitative estimate of drug-likeness (QED) is 0.217. The van der Waals surface area contributed by atoms with Crippen molar-refractivity contribution in [2.24, 2.45) is 0 Å². The molecule has 0 spiro atoms. The second kappa shape index (κ2) is 11.1. The molecule has 5 aromatic carbocycles. The fraction of sp³-hybridized carbons (Fsp3) is 0. The number of urea groups is 1. The van der Waals surface area contributed by atoms with Gasteiger partial charge in [-0.25, -0.2) is 4.79 Å². The molecule has 11 heteroatoms. The Labute approximate surface area is 231 Å². The molecule has 202 valence electrons. The SMILES string of the molecule is O=C(Nc1ccc(OS(=O)(=O)c2ccccc2)cc1)Nc1ccc(OS(=O)(=O)c2ccc3ccccc3c2)cc1. The van der Waals surface area contributed by atoms with Gasteiger partial charge in [0.05, 0.1) is 0 Å². The molecule has 40 heavy (non-hydrogen) atoms. The zero-order valence-electron chi connectivity index (χ0n) is 20.7. The summed E-state index contributed by atoms with van der Waals surface area (Å²) in [6, 6.07) is 31.0. The lowest BCUT2D eigenvalue weighted by Gasteiger charge is -2.11. The molecule has 5 rings (SSSR count). The first-order valence-electron chi connectivity index (χ1n) is 11.9. The van der Waals surface area contributed by atoms with Crippen LogP contribution in [0, 0.1) is 0 Å². The Morgan fingerprint density at radius 3 is 1.52 bits per heavy atom. The van der Waals surface area contributed by atoms with Gasteiger partial charge >= 0.3 is 26.3 Å². The normalized spacial score (nSPS) is 11.5. The molecule has 0 aliphatic heterocycles. The molecular formula is C29H22N2O7S2. The van der Waals surface area contributed by atoms with Gasteiger partial charge in [-0.2, -0.15) is 16.8 Å². The van der Waals surface area contributed by atoms with Gasteiger partial charge in [-0.1, -0.05) is 48.5 Å². The maximum absolute atomic E-state index is 12.7. The van der Waals surface area contributed by atoms with Gasteiger partial charge in [-0.15, -0.1) is 0 Å². The summed E-state index contributed by atoms with van der Waals surface area (Å²) in [5, 5.41) is 6.93. The number of benzene rings is 5. The smallest absolute Gasteiger partial charge is 0.339 e. The molecule has 0 heterocycles. The van der Waals surface area contributed by atoms with Crippen molar-refractivity contribution >= 4 is 48.4 Å². The molecule has 0 aliphatic rings. The van der Waals surface area contributed by atoms with E-state index in [-0.39, 0.29) is 21.3 Å². The van der Waals surface area contributed by atoms with Crippen LogP contribution in [-0.4, -0.2) is 22.9 Å². The van der Waals surface area contributed by atoms with E-state index >= 15 is 0 Å². The van der Waals surface area contributed by atoms with E-state index in [2.05, 4.69) is 10.6 Å². The predicted octanol–water partition coefficient (Wildman–Crippen LogP) is 6.02. The average Bonchev–Trinajstić information content (AvgIpc) is 2.95. The molecule has 0 radical (unpaired) electrons. The summed E-state index contributed by atoms with van der Waals surface area (Å²) >= 11 is 0. The van der Waals surface area contributed by atoms with Gasteiger partial charge in [0.15, 0.2) is 0 Å². The number of nitrogens with one attached hydrogen (secondary N) is 2. The van der Waals surface area contributed by atoms with E-state index in [1.807, 2.05) is 24.3 Å². The Balaban J connectivity index is 1.17. The molecule has 2 N–H and O–H groups in total. The minimum absolute atomic E-state index is 0.0271.